The summed E-state index contributed by atoms with van der Waals surface area (Å²) < 4.78 is 51.1. The second-order valence-electron chi connectivity index (χ2n) is 29.3. The van der Waals surface area contributed by atoms with Crippen molar-refractivity contribution in [3.05, 3.63) is 249 Å². The number of halogens is 5. The summed E-state index contributed by atoms with van der Waals surface area (Å²) >= 11 is -0.0985. The molecule has 0 aromatic heterocycles. The van der Waals surface area contributed by atoms with E-state index in [9.17, 15) is 16.8 Å². The van der Waals surface area contributed by atoms with Crippen LogP contribution in [0.2, 0.25) is 0 Å². The van der Waals surface area contributed by atoms with Crippen LogP contribution in [-0.2, 0) is 75.3 Å². The van der Waals surface area contributed by atoms with Crippen LogP contribution in [-0.4, -0.2) is 90.5 Å². The van der Waals surface area contributed by atoms with Gasteiger partial charge in [-0.25, -0.2) is 8.42 Å². The number of aryl methyl sites for hydroxylation is 12. The fourth-order valence-electron chi connectivity index (χ4n) is 16.2. The van der Waals surface area contributed by atoms with Gasteiger partial charge in [0.2, 0.25) is 10.0 Å². The molecule has 107 heavy (non-hydrogen) atoms. The topological polar surface area (TPSA) is 87.7 Å². The number of benzene rings is 7. The number of hydrogen-bond acceptors (Lipinski definition) is 8. The summed E-state index contributed by atoms with van der Waals surface area (Å²) in [6, 6.07) is 46.8. The average Bonchev–Trinajstić information content (AvgIpc) is 1.73. The van der Waals surface area contributed by atoms with Crippen LogP contribution >= 0.6 is 56.8 Å². The van der Waals surface area contributed by atoms with Gasteiger partial charge in [0.15, 0.2) is 0 Å². The van der Waals surface area contributed by atoms with E-state index in [4.69, 9.17) is 38.8 Å². The first-order chi connectivity index (χ1) is 50.9. The van der Waals surface area contributed by atoms with Crippen LogP contribution in [0.5, 0.6) is 0 Å². The molecule has 0 N–H and O–H groups in total. The SMILES string of the molecule is C1CCC([PH+](C2CCCCC2)C2CCCCC2)CC1.C=CN(Cc1ccccc1)S(C)(=O)=O.CS(=O)(=O)N([CH]=[Ru]([Cl])[Cl])Cc1ccccc1.Cc1cc(C)c(N2[CH-]N(c3c(C)cc(C)cc3C)CC2)c(C)c1.Cc1cc(C)c(N2[CH-]N(c3c(C)cc(C)cc3C)CC2)c(C)c1.[Cl][Cu].[Cl][Ru]([Cl])=[CH]c1ccccc1. The van der Waals surface area contributed by atoms with Crippen LogP contribution in [0.4, 0.5) is 22.7 Å². The molecule has 12 rings (SSSR count). The molecule has 2 aliphatic heterocycles. The number of anilines is 4. The molecule has 0 amide bonds. The summed E-state index contributed by atoms with van der Waals surface area (Å²) in [7, 11) is 20.4. The van der Waals surface area contributed by atoms with Crippen LogP contribution in [0.3, 0.4) is 0 Å². The van der Waals surface area contributed by atoms with Crippen molar-refractivity contribution in [1.82, 2.24) is 8.61 Å². The van der Waals surface area contributed by atoms with Gasteiger partial charge in [-0.3, -0.25) is 4.31 Å². The van der Waals surface area contributed by atoms with Crippen molar-refractivity contribution >= 4 is 109 Å². The first-order valence-electron chi connectivity index (χ1n) is 37.3. The maximum absolute atomic E-state index is 11.5. The van der Waals surface area contributed by atoms with Gasteiger partial charge in [0.25, 0.3) is 0 Å². The second-order valence-corrected chi connectivity index (χ2v) is 48.0. The Morgan fingerprint density at radius 2 is 0.673 bits per heavy atom. The monoisotopic (exact) mass is 1840 g/mol. The molecule has 0 spiro atoms. The quantitative estimate of drug-likeness (QED) is 0.0537. The standard InChI is InChI=1S/2C21H27N2.C18H33P.C10H13NO2S.C9H11NO2S.C7H6.5ClH.Cu.2Ru/c2*1-14-9-16(3)20(17(4)10-14)22-7-8-23(13-22)21-18(5)11-15(2)12-19(21)6;1-4-10-16(11-5-1)19(17-12-6-2-7-13-17)18-14-8-3-9-15-18;1-3-11(14(2,12)13)9-10-7-5-4-6-8-10;1-10(13(2,11)12)8-9-6-4-3-5-7-9;1-7-5-3-2-4-6-7;;;;;;;;/h2*9-13H,7-8H2,1-6H3;16-18H,1-15H2;3-8H,1,9H2,2H3;1,3-7H,8H2,2H3;1-6H;5*1H;;;/q2*-1;;;;;;;;;;+1;2*+2/p-4. The van der Waals surface area contributed by atoms with E-state index >= 15 is 0 Å². The Morgan fingerprint density at radius 1 is 0.421 bits per heavy atom. The molecule has 2 saturated heterocycles. The van der Waals surface area contributed by atoms with Crippen LogP contribution in [0.25, 0.3) is 0 Å². The summed E-state index contributed by atoms with van der Waals surface area (Å²) in [5.41, 5.74) is 28.3. The van der Waals surface area contributed by atoms with Crippen LogP contribution in [0, 0.1) is 96.4 Å². The molecule has 7 aromatic rings. The van der Waals surface area contributed by atoms with E-state index in [0.717, 1.165) is 55.4 Å². The molecule has 0 radical (unpaired) electrons. The molecular formula is C86H118Cl5CuN6O4PRu2S2-. The molecule has 3 aliphatic carbocycles. The van der Waals surface area contributed by atoms with Gasteiger partial charge in [-0.1, -0.05) is 127 Å². The predicted octanol–water partition coefficient (Wildman–Crippen LogP) is 23.3. The van der Waals surface area contributed by atoms with Crippen molar-refractivity contribution < 1.29 is 59.0 Å². The number of nitrogens with zero attached hydrogens (tertiary/aromatic N) is 6. The van der Waals surface area contributed by atoms with Gasteiger partial charge in [-0.15, -0.1) is 0 Å². The fraction of sp³-hybridized carbons (Fsp3) is 0.442. The van der Waals surface area contributed by atoms with E-state index < -0.39 is 47.1 Å². The first kappa shape index (κ1) is 92.4. The van der Waals surface area contributed by atoms with Gasteiger partial charge in [0.1, 0.15) is 0 Å². The van der Waals surface area contributed by atoms with Crippen molar-refractivity contribution in [2.75, 3.05) is 58.3 Å². The zero-order valence-corrected chi connectivity index (χ0v) is 76.3. The zero-order valence-electron chi connectivity index (χ0n) is 65.5. The molecule has 0 atom stereocenters. The Morgan fingerprint density at radius 3 is 0.907 bits per heavy atom. The summed E-state index contributed by atoms with van der Waals surface area (Å²) in [5.74, 6) is 0. The maximum atomic E-state index is 11.5. The Kier molecular flexibility index (Phi) is 40.3. The molecule has 10 nitrogen and oxygen atoms in total. The van der Waals surface area contributed by atoms with Gasteiger partial charge in [0, 0.05) is 63.1 Å². The summed E-state index contributed by atoms with van der Waals surface area (Å²) in [4.78, 5) is 9.62. The van der Waals surface area contributed by atoms with E-state index in [2.05, 4.69) is 196 Å². The molecule has 21 heteroatoms. The number of rotatable bonds is 16. The fourth-order valence-corrected chi connectivity index (χ4v) is 27.9. The molecule has 5 fully saturated rings. The third-order valence-electron chi connectivity index (χ3n) is 20.2. The number of hydrogen-bond donors (Lipinski definition) is 0. The first-order valence-corrected chi connectivity index (χ1v) is 55.0. The van der Waals surface area contributed by atoms with Crippen molar-refractivity contribution in [2.24, 2.45) is 0 Å². The van der Waals surface area contributed by atoms with E-state index in [1.807, 2.05) is 95.6 Å². The predicted molar refractivity (Wildman–Crippen MR) is 460 cm³/mol. The Bertz CT molecular complexity index is 3830. The normalized spacial score (nSPS) is 15.8. The van der Waals surface area contributed by atoms with Crippen molar-refractivity contribution in [2.45, 2.75) is 209 Å². The summed E-state index contributed by atoms with van der Waals surface area (Å²) in [6.07, 6.45) is 27.4. The third-order valence-corrected chi connectivity index (χ3v) is 30.9. The zero-order chi connectivity index (χ0) is 78.5. The summed E-state index contributed by atoms with van der Waals surface area (Å²) in [5, 5.41) is 0. The second kappa shape index (κ2) is 46.6. The Hall–Kier alpha value is -3.47. The molecular weight excluding hydrogens is 1720 g/mol. The van der Waals surface area contributed by atoms with E-state index in [1.54, 1.807) is 96.3 Å². The Balaban J connectivity index is 0.000000204. The van der Waals surface area contributed by atoms with Gasteiger partial charge in [-0.05, 0) is 210 Å². The van der Waals surface area contributed by atoms with Crippen molar-refractivity contribution in [3.8, 4) is 0 Å². The van der Waals surface area contributed by atoms with Gasteiger partial charge in [-0.2, -0.15) is 13.3 Å². The van der Waals surface area contributed by atoms with E-state index in [0.29, 0.717) is 6.54 Å². The van der Waals surface area contributed by atoms with Crippen LogP contribution < -0.4 is 19.6 Å². The molecule has 2 heterocycles. The van der Waals surface area contributed by atoms with Gasteiger partial charge < -0.3 is 19.6 Å². The minimum atomic E-state index is -3.31. The van der Waals surface area contributed by atoms with E-state index in [-0.39, 0.29) is 14.5 Å². The van der Waals surface area contributed by atoms with Gasteiger partial charge >= 0.3 is 208 Å². The molecule has 0 unspecified atom stereocenters. The molecule has 7 aromatic carbocycles. The molecule has 5 aliphatic rings. The average molecular weight is 1840 g/mol. The Labute approximate surface area is 686 Å². The minimum absolute atomic E-state index is 0.0465. The molecule has 596 valence electrons. The number of sulfonamides is 2. The van der Waals surface area contributed by atoms with Crippen LogP contribution in [0.1, 0.15) is 180 Å². The molecule has 3 saturated carbocycles. The van der Waals surface area contributed by atoms with Gasteiger partial charge in [0.05, 0.1) is 29.8 Å². The van der Waals surface area contributed by atoms with Crippen molar-refractivity contribution in [1.29, 1.82) is 0 Å². The molecule has 0 bridgehead atoms. The van der Waals surface area contributed by atoms with Crippen LogP contribution in [0.15, 0.2) is 152 Å². The summed E-state index contributed by atoms with van der Waals surface area (Å²) in [6.45, 7) is 39.2. The van der Waals surface area contributed by atoms with Crippen molar-refractivity contribution in [3.63, 3.8) is 0 Å². The third kappa shape index (κ3) is 30.4. The van der Waals surface area contributed by atoms with E-state index in [1.165, 1.54) is 126 Å².